The van der Waals surface area contributed by atoms with Crippen molar-refractivity contribution in [2.24, 2.45) is 0 Å². The van der Waals surface area contributed by atoms with Crippen LogP contribution in [0.4, 0.5) is 0 Å². The van der Waals surface area contributed by atoms with Crippen LogP contribution in [0.25, 0.3) is 0 Å². The summed E-state index contributed by atoms with van der Waals surface area (Å²) in [6.07, 6.45) is 3.97. The van der Waals surface area contributed by atoms with E-state index < -0.39 is 0 Å². The number of rotatable bonds is 8. The van der Waals surface area contributed by atoms with Gasteiger partial charge in [-0.05, 0) is 37.3 Å². The summed E-state index contributed by atoms with van der Waals surface area (Å²) < 4.78 is 0. The maximum atomic E-state index is 4.66. The van der Waals surface area contributed by atoms with Gasteiger partial charge in [0.05, 0.1) is 5.69 Å². The molecule has 1 N–H and O–H groups in total. The maximum Gasteiger partial charge on any atom is 0.107 e. The zero-order valence-electron chi connectivity index (χ0n) is 9.87. The monoisotopic (exact) mass is 256 g/mol. The van der Waals surface area contributed by atoms with E-state index in [4.69, 9.17) is 0 Å². The quantitative estimate of drug-likeness (QED) is 0.723. The lowest BCUT2D eigenvalue weighted by Crippen LogP contribution is -2.15. The summed E-state index contributed by atoms with van der Waals surface area (Å²) in [5.41, 5.74) is 1.34. The van der Waals surface area contributed by atoms with Gasteiger partial charge in [-0.2, -0.15) is 11.8 Å². The number of nitrogens with zero attached hydrogens (tertiary/aromatic N) is 1. The Hall–Kier alpha value is -0.0600. The minimum atomic E-state index is 0.797. The van der Waals surface area contributed by atoms with E-state index in [2.05, 4.69) is 22.6 Å². The largest absolute Gasteiger partial charge is 0.310 e. The van der Waals surface area contributed by atoms with Crippen LogP contribution in [0.5, 0.6) is 0 Å². The Balaban J connectivity index is 1.57. The summed E-state index contributed by atoms with van der Waals surface area (Å²) in [6, 6.07) is 0. The lowest BCUT2D eigenvalue weighted by molar-refractivity contribution is 0.674. The number of nitrogens with one attached hydrogen (secondary N) is 1. The van der Waals surface area contributed by atoms with Crippen molar-refractivity contribution in [1.29, 1.82) is 0 Å². The Morgan fingerprint density at radius 2 is 2.44 bits per heavy atom. The second-order valence-corrected chi connectivity index (χ2v) is 6.50. The van der Waals surface area contributed by atoms with Crippen LogP contribution >= 0.6 is 23.1 Å². The number of thiazole rings is 1. The third kappa shape index (κ3) is 4.07. The van der Waals surface area contributed by atoms with Crippen molar-refractivity contribution in [2.75, 3.05) is 18.1 Å². The molecule has 1 saturated carbocycles. The topological polar surface area (TPSA) is 24.9 Å². The van der Waals surface area contributed by atoms with Crippen molar-refractivity contribution in [3.05, 3.63) is 16.1 Å². The van der Waals surface area contributed by atoms with Crippen molar-refractivity contribution in [3.8, 4) is 0 Å². The molecule has 16 heavy (non-hydrogen) atoms. The highest BCUT2D eigenvalue weighted by molar-refractivity contribution is 7.99. The van der Waals surface area contributed by atoms with E-state index in [9.17, 15) is 0 Å². The van der Waals surface area contributed by atoms with Gasteiger partial charge in [-0.25, -0.2) is 4.98 Å². The number of thioether (sulfide) groups is 1. The van der Waals surface area contributed by atoms with Gasteiger partial charge in [0.15, 0.2) is 0 Å². The van der Waals surface area contributed by atoms with Crippen molar-refractivity contribution in [1.82, 2.24) is 10.3 Å². The van der Waals surface area contributed by atoms with E-state index in [0.717, 1.165) is 19.0 Å². The van der Waals surface area contributed by atoms with Gasteiger partial charge in [-0.3, -0.25) is 0 Å². The fourth-order valence-electron chi connectivity index (χ4n) is 1.61. The van der Waals surface area contributed by atoms with E-state index in [-0.39, 0.29) is 0 Å². The average Bonchev–Trinajstić information content (AvgIpc) is 3.04. The molecule has 0 saturated heterocycles. The van der Waals surface area contributed by atoms with Gasteiger partial charge in [-0.1, -0.05) is 6.92 Å². The summed E-state index contributed by atoms with van der Waals surface area (Å²) in [5.74, 6) is 3.30. The Labute approximate surface area is 106 Å². The summed E-state index contributed by atoms with van der Waals surface area (Å²) >= 11 is 3.82. The van der Waals surface area contributed by atoms with Gasteiger partial charge in [0.2, 0.25) is 0 Å². The van der Waals surface area contributed by atoms with Crippen LogP contribution in [0.15, 0.2) is 5.38 Å². The standard InChI is InChI=1S/C12H20N2S2/c1-2-15-7-3-6-13-8-12-14-11(9-16-12)10-4-5-10/h9-10,13H,2-8H2,1H3. The normalized spacial score (nSPS) is 15.6. The molecule has 0 spiro atoms. The molecule has 1 fully saturated rings. The van der Waals surface area contributed by atoms with Crippen molar-refractivity contribution in [2.45, 2.75) is 38.6 Å². The van der Waals surface area contributed by atoms with Crippen LogP contribution < -0.4 is 5.32 Å². The van der Waals surface area contributed by atoms with Gasteiger partial charge in [0, 0.05) is 17.8 Å². The number of hydrogen-bond acceptors (Lipinski definition) is 4. The lowest BCUT2D eigenvalue weighted by atomic mass is 10.3. The maximum absolute atomic E-state index is 4.66. The molecule has 2 rings (SSSR count). The van der Waals surface area contributed by atoms with Gasteiger partial charge < -0.3 is 5.32 Å². The van der Waals surface area contributed by atoms with Crippen molar-refractivity contribution >= 4 is 23.1 Å². The van der Waals surface area contributed by atoms with E-state index >= 15 is 0 Å². The van der Waals surface area contributed by atoms with Crippen LogP contribution in [0, 0.1) is 0 Å². The molecule has 0 unspecified atom stereocenters. The molecule has 0 amide bonds. The third-order valence-electron chi connectivity index (χ3n) is 2.69. The Morgan fingerprint density at radius 3 is 3.19 bits per heavy atom. The molecule has 1 aromatic heterocycles. The molecular weight excluding hydrogens is 236 g/mol. The van der Waals surface area contributed by atoms with E-state index in [0.29, 0.717) is 0 Å². The van der Waals surface area contributed by atoms with Crippen LogP contribution in [0.1, 0.15) is 42.8 Å². The summed E-state index contributed by atoms with van der Waals surface area (Å²) in [7, 11) is 0. The second-order valence-electron chi connectivity index (χ2n) is 4.17. The molecule has 0 atom stereocenters. The SMILES string of the molecule is CCSCCCNCc1nc(C2CC2)cs1. The van der Waals surface area contributed by atoms with Gasteiger partial charge in [0.1, 0.15) is 5.01 Å². The molecule has 0 aromatic carbocycles. The van der Waals surface area contributed by atoms with Crippen LogP contribution in [0.3, 0.4) is 0 Å². The zero-order valence-corrected chi connectivity index (χ0v) is 11.5. The van der Waals surface area contributed by atoms with Gasteiger partial charge in [-0.15, -0.1) is 11.3 Å². The molecule has 0 radical (unpaired) electrons. The van der Waals surface area contributed by atoms with Crippen molar-refractivity contribution < 1.29 is 0 Å². The first-order valence-electron chi connectivity index (χ1n) is 6.13. The molecule has 90 valence electrons. The van der Waals surface area contributed by atoms with E-state index in [1.165, 1.54) is 41.5 Å². The number of hydrogen-bond donors (Lipinski definition) is 1. The Morgan fingerprint density at radius 1 is 1.56 bits per heavy atom. The highest BCUT2D eigenvalue weighted by Gasteiger charge is 2.25. The van der Waals surface area contributed by atoms with Crippen LogP contribution in [-0.2, 0) is 6.54 Å². The average molecular weight is 256 g/mol. The first-order valence-corrected chi connectivity index (χ1v) is 8.16. The van der Waals surface area contributed by atoms with Crippen molar-refractivity contribution in [3.63, 3.8) is 0 Å². The smallest absolute Gasteiger partial charge is 0.107 e. The van der Waals surface area contributed by atoms with E-state index in [1.54, 1.807) is 0 Å². The lowest BCUT2D eigenvalue weighted by Gasteiger charge is -2.01. The molecule has 4 heteroatoms. The highest BCUT2D eigenvalue weighted by atomic mass is 32.2. The molecular formula is C12H20N2S2. The number of aromatic nitrogens is 1. The predicted molar refractivity (Wildman–Crippen MR) is 73.4 cm³/mol. The predicted octanol–water partition coefficient (Wildman–Crippen LogP) is 3.25. The first-order chi connectivity index (χ1) is 7.90. The minimum absolute atomic E-state index is 0.797. The summed E-state index contributed by atoms with van der Waals surface area (Å²) in [4.78, 5) is 4.66. The fourth-order valence-corrected chi connectivity index (χ4v) is 3.09. The summed E-state index contributed by atoms with van der Waals surface area (Å²) in [6.45, 7) is 4.28. The van der Waals surface area contributed by atoms with E-state index in [1.807, 2.05) is 23.1 Å². The van der Waals surface area contributed by atoms with Gasteiger partial charge in [0.25, 0.3) is 0 Å². The molecule has 0 bridgehead atoms. The Kier molecular flexibility index (Phi) is 5.13. The molecule has 1 aliphatic carbocycles. The summed E-state index contributed by atoms with van der Waals surface area (Å²) in [5, 5.41) is 6.96. The third-order valence-corrected chi connectivity index (χ3v) is 4.54. The zero-order chi connectivity index (χ0) is 11.2. The molecule has 0 aliphatic heterocycles. The van der Waals surface area contributed by atoms with Crippen LogP contribution in [0.2, 0.25) is 0 Å². The van der Waals surface area contributed by atoms with Gasteiger partial charge >= 0.3 is 0 Å². The fraction of sp³-hybridized carbons (Fsp3) is 0.750. The molecule has 1 aromatic rings. The second kappa shape index (κ2) is 6.62. The highest BCUT2D eigenvalue weighted by Crippen LogP contribution is 2.40. The molecule has 1 aliphatic rings. The first kappa shape index (κ1) is 12.4. The van der Waals surface area contributed by atoms with Crippen LogP contribution in [-0.4, -0.2) is 23.0 Å². The molecule has 2 nitrogen and oxygen atoms in total. The minimum Gasteiger partial charge on any atom is -0.310 e. The Bertz CT molecular complexity index is 308. The molecule has 1 heterocycles.